The second-order valence-corrected chi connectivity index (χ2v) is 4.00. The van der Waals surface area contributed by atoms with Crippen molar-refractivity contribution in [2.45, 2.75) is 27.2 Å². The zero-order valence-corrected chi connectivity index (χ0v) is 7.57. The highest BCUT2D eigenvalue weighted by Crippen LogP contribution is 2.59. The van der Waals surface area contributed by atoms with Crippen molar-refractivity contribution >= 4 is 0 Å². The molecule has 2 unspecified atom stereocenters. The highest BCUT2D eigenvalue weighted by Gasteiger charge is 2.55. The van der Waals surface area contributed by atoms with Crippen molar-refractivity contribution in [3.63, 3.8) is 0 Å². The van der Waals surface area contributed by atoms with Crippen molar-refractivity contribution in [3.8, 4) is 0 Å². The van der Waals surface area contributed by atoms with Crippen LogP contribution in [0.5, 0.6) is 0 Å². The minimum Gasteiger partial charge on any atom is -0.319 e. The summed E-state index contributed by atoms with van der Waals surface area (Å²) in [6.45, 7) is 8.25. The second-order valence-electron chi connectivity index (χ2n) is 4.00. The van der Waals surface area contributed by atoms with E-state index in [1.807, 2.05) is 7.05 Å². The van der Waals surface area contributed by atoms with Crippen LogP contribution in [0.3, 0.4) is 0 Å². The predicted octanol–water partition coefficient (Wildman–Crippen LogP) is 1.89. The van der Waals surface area contributed by atoms with Gasteiger partial charge < -0.3 is 5.32 Å². The van der Waals surface area contributed by atoms with Crippen molar-refractivity contribution in [2.24, 2.45) is 17.3 Å². The number of rotatable bonds is 3. The number of hydrogen-bond donors (Lipinski definition) is 1. The van der Waals surface area contributed by atoms with Crippen LogP contribution in [-0.4, -0.2) is 13.6 Å². The molecule has 0 aromatic carbocycles. The predicted molar refractivity (Wildman–Crippen MR) is 45.0 cm³/mol. The van der Waals surface area contributed by atoms with Gasteiger partial charge in [0.15, 0.2) is 0 Å². The molecule has 0 aromatic rings. The molecule has 0 aromatic heterocycles. The van der Waals surface area contributed by atoms with Crippen LogP contribution < -0.4 is 5.32 Å². The smallest absolute Gasteiger partial charge is 0.00155 e. The van der Waals surface area contributed by atoms with E-state index in [2.05, 4.69) is 26.1 Å². The summed E-state index contributed by atoms with van der Waals surface area (Å²) in [7, 11) is 2.04. The van der Waals surface area contributed by atoms with E-state index in [1.165, 1.54) is 13.0 Å². The quantitative estimate of drug-likeness (QED) is 0.633. The molecule has 1 nitrogen and oxygen atoms in total. The van der Waals surface area contributed by atoms with Gasteiger partial charge in [-0.1, -0.05) is 27.2 Å². The van der Waals surface area contributed by atoms with Gasteiger partial charge in [0, 0.05) is 0 Å². The fraction of sp³-hybridized carbons (Fsp3) is 1.00. The van der Waals surface area contributed by atoms with Crippen LogP contribution in [0.2, 0.25) is 0 Å². The lowest BCUT2D eigenvalue weighted by molar-refractivity contribution is 0.522. The van der Waals surface area contributed by atoms with Crippen LogP contribution in [0.1, 0.15) is 27.2 Å². The van der Waals surface area contributed by atoms with E-state index in [0.717, 1.165) is 11.8 Å². The van der Waals surface area contributed by atoms with Crippen LogP contribution >= 0.6 is 0 Å². The van der Waals surface area contributed by atoms with Crippen LogP contribution in [-0.2, 0) is 0 Å². The van der Waals surface area contributed by atoms with Gasteiger partial charge in [0.25, 0.3) is 0 Å². The third-order valence-corrected chi connectivity index (χ3v) is 3.15. The zero-order chi connectivity index (χ0) is 7.78. The van der Waals surface area contributed by atoms with E-state index in [4.69, 9.17) is 0 Å². The average molecular weight is 141 g/mol. The first-order chi connectivity index (χ1) is 4.64. The minimum atomic E-state index is 0.623. The largest absolute Gasteiger partial charge is 0.319 e. The van der Waals surface area contributed by atoms with Gasteiger partial charge in [-0.3, -0.25) is 0 Å². The van der Waals surface area contributed by atoms with Crippen molar-refractivity contribution in [2.75, 3.05) is 13.6 Å². The SMILES string of the molecule is CCC1C(CNC)C1(C)C. The summed E-state index contributed by atoms with van der Waals surface area (Å²) in [5, 5.41) is 3.25. The molecule has 1 N–H and O–H groups in total. The Morgan fingerprint density at radius 1 is 1.30 bits per heavy atom. The summed E-state index contributed by atoms with van der Waals surface area (Å²) < 4.78 is 0. The molecule has 10 heavy (non-hydrogen) atoms. The van der Waals surface area contributed by atoms with Crippen LogP contribution in [0.15, 0.2) is 0 Å². The van der Waals surface area contributed by atoms with Gasteiger partial charge in [0.1, 0.15) is 0 Å². The highest BCUT2D eigenvalue weighted by atomic mass is 14.9. The first kappa shape index (κ1) is 8.06. The van der Waals surface area contributed by atoms with Crippen LogP contribution in [0.4, 0.5) is 0 Å². The molecule has 0 bridgehead atoms. The van der Waals surface area contributed by atoms with E-state index in [1.54, 1.807) is 0 Å². The molecule has 1 rings (SSSR count). The molecule has 0 aliphatic heterocycles. The molecule has 1 fully saturated rings. The average Bonchev–Trinajstić information content (AvgIpc) is 2.36. The minimum absolute atomic E-state index is 0.623. The lowest BCUT2D eigenvalue weighted by Crippen LogP contribution is -2.12. The van der Waals surface area contributed by atoms with E-state index >= 15 is 0 Å². The van der Waals surface area contributed by atoms with Gasteiger partial charge in [0.05, 0.1) is 0 Å². The molecule has 1 aliphatic carbocycles. The maximum Gasteiger partial charge on any atom is -0.00155 e. The summed E-state index contributed by atoms with van der Waals surface area (Å²) in [5.41, 5.74) is 0.623. The Morgan fingerprint density at radius 3 is 2.20 bits per heavy atom. The highest BCUT2D eigenvalue weighted by molar-refractivity contribution is 5.04. The lowest BCUT2D eigenvalue weighted by Gasteiger charge is -1.99. The fourth-order valence-corrected chi connectivity index (χ4v) is 2.29. The summed E-state index contributed by atoms with van der Waals surface area (Å²) >= 11 is 0. The standard InChI is InChI=1S/C9H19N/c1-5-7-8(6-10-4)9(7,2)3/h7-8,10H,5-6H2,1-4H3. The first-order valence-corrected chi connectivity index (χ1v) is 4.29. The van der Waals surface area contributed by atoms with Crippen molar-refractivity contribution in [3.05, 3.63) is 0 Å². The Kier molecular flexibility index (Phi) is 2.04. The molecule has 0 spiro atoms. The Hall–Kier alpha value is -0.0400. The summed E-state index contributed by atoms with van der Waals surface area (Å²) in [6, 6.07) is 0. The summed E-state index contributed by atoms with van der Waals surface area (Å²) in [5.74, 6) is 1.91. The Bertz CT molecular complexity index is 118. The fourth-order valence-electron chi connectivity index (χ4n) is 2.29. The van der Waals surface area contributed by atoms with Gasteiger partial charge in [-0.15, -0.1) is 0 Å². The van der Waals surface area contributed by atoms with Gasteiger partial charge in [-0.2, -0.15) is 0 Å². The van der Waals surface area contributed by atoms with Gasteiger partial charge in [0.2, 0.25) is 0 Å². The Labute approximate surface area is 64.2 Å². The summed E-state index contributed by atoms with van der Waals surface area (Å²) in [6.07, 6.45) is 1.35. The molecular weight excluding hydrogens is 122 g/mol. The maximum atomic E-state index is 3.25. The third-order valence-electron chi connectivity index (χ3n) is 3.15. The molecule has 1 saturated carbocycles. The molecule has 0 saturated heterocycles. The first-order valence-electron chi connectivity index (χ1n) is 4.29. The van der Waals surface area contributed by atoms with E-state index in [0.29, 0.717) is 5.41 Å². The Morgan fingerprint density at radius 2 is 1.90 bits per heavy atom. The second kappa shape index (κ2) is 2.54. The molecule has 1 aliphatic rings. The van der Waals surface area contributed by atoms with Crippen LogP contribution in [0.25, 0.3) is 0 Å². The third kappa shape index (κ3) is 1.07. The van der Waals surface area contributed by atoms with E-state index in [-0.39, 0.29) is 0 Å². The molecule has 0 amide bonds. The number of hydrogen-bond acceptors (Lipinski definition) is 1. The van der Waals surface area contributed by atoms with Crippen molar-refractivity contribution < 1.29 is 0 Å². The van der Waals surface area contributed by atoms with Gasteiger partial charge >= 0.3 is 0 Å². The molecule has 1 heteroatoms. The maximum absolute atomic E-state index is 3.25. The normalized spacial score (nSPS) is 36.0. The molecule has 0 radical (unpaired) electrons. The van der Waals surface area contributed by atoms with Gasteiger partial charge in [-0.25, -0.2) is 0 Å². The van der Waals surface area contributed by atoms with Crippen molar-refractivity contribution in [1.29, 1.82) is 0 Å². The summed E-state index contributed by atoms with van der Waals surface area (Å²) in [4.78, 5) is 0. The Balaban J connectivity index is 2.37. The topological polar surface area (TPSA) is 12.0 Å². The molecule has 2 atom stereocenters. The van der Waals surface area contributed by atoms with Crippen LogP contribution in [0, 0.1) is 17.3 Å². The van der Waals surface area contributed by atoms with E-state index in [9.17, 15) is 0 Å². The monoisotopic (exact) mass is 141 g/mol. The molecule has 60 valence electrons. The van der Waals surface area contributed by atoms with Crippen molar-refractivity contribution in [1.82, 2.24) is 5.32 Å². The lowest BCUT2D eigenvalue weighted by atomic mass is 10.1. The zero-order valence-electron chi connectivity index (χ0n) is 7.57. The number of nitrogens with one attached hydrogen (secondary N) is 1. The van der Waals surface area contributed by atoms with Gasteiger partial charge in [-0.05, 0) is 30.8 Å². The molecule has 0 heterocycles. The van der Waals surface area contributed by atoms with E-state index < -0.39 is 0 Å². The molecular formula is C9H19N.